The Morgan fingerprint density at radius 2 is 1.85 bits per heavy atom. The van der Waals surface area contributed by atoms with E-state index in [2.05, 4.69) is 54.5 Å². The first-order valence-corrected chi connectivity index (χ1v) is 7.02. The number of benzene rings is 1. The van der Waals surface area contributed by atoms with Crippen LogP contribution in [0.15, 0.2) is 36.4 Å². The summed E-state index contributed by atoms with van der Waals surface area (Å²) in [6.45, 7) is 5.05. The van der Waals surface area contributed by atoms with Gasteiger partial charge < -0.3 is 5.32 Å². The van der Waals surface area contributed by atoms with Crippen LogP contribution in [0, 0.1) is 11.3 Å². The molecule has 102 valence electrons. The van der Waals surface area contributed by atoms with Crippen molar-refractivity contribution in [3.8, 4) is 17.3 Å². The first-order valence-electron chi connectivity index (χ1n) is 7.02. The summed E-state index contributed by atoms with van der Waals surface area (Å²) in [4.78, 5) is 4.57. The molecule has 0 fully saturated rings. The second kappa shape index (κ2) is 6.72. The lowest BCUT2D eigenvalue weighted by molar-refractivity contribution is 0.968. The van der Waals surface area contributed by atoms with Gasteiger partial charge in [0, 0.05) is 12.1 Å². The molecule has 0 saturated heterocycles. The van der Waals surface area contributed by atoms with E-state index < -0.39 is 0 Å². The van der Waals surface area contributed by atoms with Crippen molar-refractivity contribution in [2.75, 3.05) is 11.9 Å². The molecule has 1 aromatic carbocycles. The third-order valence-electron chi connectivity index (χ3n) is 3.22. The zero-order chi connectivity index (χ0) is 14.4. The molecule has 0 spiro atoms. The van der Waals surface area contributed by atoms with Crippen LogP contribution in [0.25, 0.3) is 11.3 Å². The molecular formula is C17H19N3. The van der Waals surface area contributed by atoms with Crippen LogP contribution in [0.1, 0.15) is 31.4 Å². The summed E-state index contributed by atoms with van der Waals surface area (Å²) in [6.07, 6.45) is 2.03. The number of anilines is 1. The molecule has 1 N–H and O–H groups in total. The van der Waals surface area contributed by atoms with Crippen molar-refractivity contribution < 1.29 is 0 Å². The van der Waals surface area contributed by atoms with Crippen molar-refractivity contribution in [2.24, 2.45) is 0 Å². The number of aryl methyl sites for hydroxylation is 1. The zero-order valence-electron chi connectivity index (χ0n) is 12.0. The maximum absolute atomic E-state index is 9.12. The quantitative estimate of drug-likeness (QED) is 0.888. The summed E-state index contributed by atoms with van der Waals surface area (Å²) >= 11 is 0. The monoisotopic (exact) mass is 265 g/mol. The number of nitriles is 1. The van der Waals surface area contributed by atoms with E-state index in [1.165, 1.54) is 5.56 Å². The summed E-state index contributed by atoms with van der Waals surface area (Å²) in [5.41, 5.74) is 3.87. The van der Waals surface area contributed by atoms with Crippen molar-refractivity contribution >= 4 is 5.82 Å². The third kappa shape index (κ3) is 3.16. The van der Waals surface area contributed by atoms with Gasteiger partial charge in [0.05, 0.1) is 11.3 Å². The largest absolute Gasteiger partial charge is 0.369 e. The summed E-state index contributed by atoms with van der Waals surface area (Å²) in [6, 6.07) is 14.3. The van der Waals surface area contributed by atoms with Crippen molar-refractivity contribution in [2.45, 2.75) is 26.7 Å². The minimum atomic E-state index is 0.590. The fourth-order valence-electron chi connectivity index (χ4n) is 2.00. The topological polar surface area (TPSA) is 48.7 Å². The number of nitrogens with zero attached hydrogens (tertiary/aromatic N) is 2. The van der Waals surface area contributed by atoms with Gasteiger partial charge in [0.1, 0.15) is 11.9 Å². The maximum atomic E-state index is 9.12. The predicted molar refractivity (Wildman–Crippen MR) is 82.5 cm³/mol. The van der Waals surface area contributed by atoms with Gasteiger partial charge in [0.25, 0.3) is 0 Å². The Hall–Kier alpha value is -2.34. The molecule has 0 bridgehead atoms. The van der Waals surface area contributed by atoms with Gasteiger partial charge in [0.2, 0.25) is 0 Å². The highest BCUT2D eigenvalue weighted by molar-refractivity contribution is 5.65. The normalized spacial score (nSPS) is 10.1. The molecule has 3 heteroatoms. The number of pyridine rings is 1. The van der Waals surface area contributed by atoms with Crippen LogP contribution in [0.4, 0.5) is 5.82 Å². The molecule has 0 unspecified atom stereocenters. The number of hydrogen-bond donors (Lipinski definition) is 1. The molecule has 0 saturated carbocycles. The molecule has 0 aliphatic rings. The van der Waals surface area contributed by atoms with Gasteiger partial charge >= 0.3 is 0 Å². The number of rotatable bonds is 5. The van der Waals surface area contributed by atoms with Gasteiger partial charge in [-0.25, -0.2) is 4.98 Å². The molecule has 1 aromatic heterocycles. The van der Waals surface area contributed by atoms with Gasteiger partial charge in [0.15, 0.2) is 0 Å². The van der Waals surface area contributed by atoms with E-state index in [0.717, 1.165) is 30.6 Å². The fourth-order valence-corrected chi connectivity index (χ4v) is 2.00. The molecule has 1 heterocycles. The third-order valence-corrected chi connectivity index (χ3v) is 3.22. The van der Waals surface area contributed by atoms with Gasteiger partial charge in [-0.3, -0.25) is 0 Å². The average Bonchev–Trinajstić information content (AvgIpc) is 2.52. The minimum Gasteiger partial charge on any atom is -0.369 e. The smallest absolute Gasteiger partial charge is 0.144 e. The van der Waals surface area contributed by atoms with Gasteiger partial charge in [-0.15, -0.1) is 0 Å². The summed E-state index contributed by atoms with van der Waals surface area (Å²) in [7, 11) is 0. The lowest BCUT2D eigenvalue weighted by Crippen LogP contribution is -2.04. The second-order valence-corrected chi connectivity index (χ2v) is 4.68. The van der Waals surface area contributed by atoms with Crippen LogP contribution in [0.5, 0.6) is 0 Å². The SMILES string of the molecule is CCCNc1nc(-c2ccc(CC)cc2)ccc1C#N. The number of hydrogen-bond acceptors (Lipinski definition) is 3. The first-order chi connectivity index (χ1) is 9.78. The Bertz CT molecular complexity index is 609. The Balaban J connectivity index is 2.34. The Morgan fingerprint density at radius 3 is 2.45 bits per heavy atom. The number of nitrogens with one attached hydrogen (secondary N) is 1. The molecular weight excluding hydrogens is 246 g/mol. The van der Waals surface area contributed by atoms with Gasteiger partial charge in [-0.1, -0.05) is 38.1 Å². The Labute approximate surface area is 120 Å². The van der Waals surface area contributed by atoms with E-state index >= 15 is 0 Å². The highest BCUT2D eigenvalue weighted by Crippen LogP contribution is 2.22. The van der Waals surface area contributed by atoms with Gasteiger partial charge in [-0.05, 0) is 30.5 Å². The van der Waals surface area contributed by atoms with Crippen molar-refractivity contribution in [3.63, 3.8) is 0 Å². The molecule has 0 atom stereocenters. The number of aromatic nitrogens is 1. The standard InChI is InChI=1S/C17H19N3/c1-3-11-19-17-15(12-18)9-10-16(20-17)14-7-5-13(4-2)6-8-14/h5-10H,3-4,11H2,1-2H3,(H,19,20). The molecule has 2 aromatic rings. The molecule has 0 amide bonds. The van der Waals surface area contributed by atoms with E-state index in [-0.39, 0.29) is 0 Å². The zero-order valence-corrected chi connectivity index (χ0v) is 12.0. The lowest BCUT2D eigenvalue weighted by Gasteiger charge is -2.09. The predicted octanol–water partition coefficient (Wildman–Crippen LogP) is 4.00. The van der Waals surface area contributed by atoms with Gasteiger partial charge in [-0.2, -0.15) is 5.26 Å². The summed E-state index contributed by atoms with van der Waals surface area (Å²) in [5, 5.41) is 12.3. The molecule has 3 nitrogen and oxygen atoms in total. The van der Waals surface area contributed by atoms with E-state index in [1.54, 1.807) is 0 Å². The molecule has 0 aliphatic carbocycles. The van der Waals surface area contributed by atoms with Crippen LogP contribution in [-0.4, -0.2) is 11.5 Å². The van der Waals surface area contributed by atoms with E-state index in [9.17, 15) is 0 Å². The molecule has 2 rings (SSSR count). The van der Waals surface area contributed by atoms with E-state index in [0.29, 0.717) is 11.4 Å². The molecule has 0 aliphatic heterocycles. The Kier molecular flexibility index (Phi) is 4.73. The van der Waals surface area contributed by atoms with Crippen LogP contribution >= 0.6 is 0 Å². The van der Waals surface area contributed by atoms with E-state index in [1.807, 2.05) is 12.1 Å². The summed E-state index contributed by atoms with van der Waals surface area (Å²) in [5.74, 6) is 0.673. The van der Waals surface area contributed by atoms with Crippen LogP contribution < -0.4 is 5.32 Å². The van der Waals surface area contributed by atoms with Crippen LogP contribution in [0.2, 0.25) is 0 Å². The maximum Gasteiger partial charge on any atom is 0.144 e. The van der Waals surface area contributed by atoms with Crippen molar-refractivity contribution in [1.29, 1.82) is 5.26 Å². The second-order valence-electron chi connectivity index (χ2n) is 4.68. The minimum absolute atomic E-state index is 0.590. The molecule has 0 radical (unpaired) electrons. The lowest BCUT2D eigenvalue weighted by atomic mass is 10.1. The Morgan fingerprint density at radius 1 is 1.10 bits per heavy atom. The van der Waals surface area contributed by atoms with Crippen molar-refractivity contribution in [1.82, 2.24) is 4.98 Å². The first kappa shape index (κ1) is 14.1. The van der Waals surface area contributed by atoms with Crippen molar-refractivity contribution in [3.05, 3.63) is 47.5 Å². The fraction of sp³-hybridized carbons (Fsp3) is 0.294. The van der Waals surface area contributed by atoms with E-state index in [4.69, 9.17) is 5.26 Å². The average molecular weight is 265 g/mol. The highest BCUT2D eigenvalue weighted by atomic mass is 15.0. The highest BCUT2D eigenvalue weighted by Gasteiger charge is 2.06. The molecule has 20 heavy (non-hydrogen) atoms. The van der Waals surface area contributed by atoms with Crippen LogP contribution in [0.3, 0.4) is 0 Å². The van der Waals surface area contributed by atoms with Crippen LogP contribution in [-0.2, 0) is 6.42 Å². The summed E-state index contributed by atoms with van der Waals surface area (Å²) < 4.78 is 0.